The fraction of sp³-hybridized carbons (Fsp3) is 0.448. The number of aryl methyl sites for hydroxylation is 2. The lowest BCUT2D eigenvalue weighted by Crippen LogP contribution is -2.32. The molecule has 206 valence electrons. The first-order valence-electron chi connectivity index (χ1n) is 13.5. The number of halogens is 3. The zero-order valence-corrected chi connectivity index (χ0v) is 22.6. The van der Waals surface area contributed by atoms with Gasteiger partial charge in [0.05, 0.1) is 18.1 Å². The number of hydrogen-bond donors (Lipinski definition) is 0. The zero-order valence-electron chi connectivity index (χ0n) is 22.6. The number of fused-ring (bicyclic) bond motifs is 1. The molecule has 0 aliphatic heterocycles. The zero-order chi connectivity index (χ0) is 27.6. The van der Waals surface area contributed by atoms with Gasteiger partial charge < -0.3 is 9.80 Å². The number of nitrogens with zero attached hydrogens (tertiary/aromatic N) is 7. The molecular formula is C29H34F3N7. The SMILES string of the molecule is CCN(CC1CCCC1)c1nc2ccccc2cc1CN(Cc1cc(C)cc(C(F)(F)F)c1)c1nnn(C)n1. The van der Waals surface area contributed by atoms with Crippen molar-refractivity contribution in [3.63, 3.8) is 0 Å². The molecule has 10 heteroatoms. The normalized spacial score (nSPS) is 14.3. The molecule has 0 saturated heterocycles. The third-order valence-corrected chi connectivity index (χ3v) is 7.39. The summed E-state index contributed by atoms with van der Waals surface area (Å²) >= 11 is 0. The maximum Gasteiger partial charge on any atom is 0.416 e. The quantitative estimate of drug-likeness (QED) is 0.249. The van der Waals surface area contributed by atoms with Crippen molar-refractivity contribution in [3.8, 4) is 0 Å². The fourth-order valence-corrected chi connectivity index (χ4v) is 5.55. The van der Waals surface area contributed by atoms with Crippen molar-refractivity contribution >= 4 is 22.7 Å². The number of rotatable bonds is 9. The number of alkyl halides is 3. The highest BCUT2D eigenvalue weighted by Gasteiger charge is 2.31. The molecule has 0 spiro atoms. The lowest BCUT2D eigenvalue weighted by atomic mass is 10.0. The van der Waals surface area contributed by atoms with Gasteiger partial charge in [0.2, 0.25) is 0 Å². The van der Waals surface area contributed by atoms with Crippen LogP contribution >= 0.6 is 0 Å². The molecule has 4 aromatic rings. The Labute approximate surface area is 226 Å². The van der Waals surface area contributed by atoms with Crippen LogP contribution in [0.3, 0.4) is 0 Å². The Hall–Kier alpha value is -3.69. The molecule has 2 aromatic carbocycles. The van der Waals surface area contributed by atoms with Crippen molar-refractivity contribution < 1.29 is 13.2 Å². The average Bonchev–Trinajstić information content (AvgIpc) is 3.57. The molecule has 1 aliphatic carbocycles. The van der Waals surface area contributed by atoms with Crippen LogP contribution in [0.1, 0.15) is 54.9 Å². The number of tetrazole rings is 1. The molecule has 0 atom stereocenters. The minimum Gasteiger partial charge on any atom is -0.356 e. The van der Waals surface area contributed by atoms with E-state index in [0.29, 0.717) is 29.5 Å². The molecule has 1 saturated carbocycles. The molecule has 1 fully saturated rings. The van der Waals surface area contributed by atoms with Gasteiger partial charge in [0.15, 0.2) is 0 Å². The highest BCUT2D eigenvalue weighted by molar-refractivity contribution is 5.82. The highest BCUT2D eigenvalue weighted by Crippen LogP contribution is 2.33. The van der Waals surface area contributed by atoms with E-state index >= 15 is 0 Å². The minimum absolute atomic E-state index is 0.192. The van der Waals surface area contributed by atoms with E-state index in [9.17, 15) is 13.2 Å². The first-order chi connectivity index (χ1) is 18.7. The molecule has 39 heavy (non-hydrogen) atoms. The van der Waals surface area contributed by atoms with Gasteiger partial charge in [-0.25, -0.2) is 4.98 Å². The first-order valence-corrected chi connectivity index (χ1v) is 13.5. The van der Waals surface area contributed by atoms with Gasteiger partial charge in [-0.05, 0) is 67.6 Å². The molecule has 0 amide bonds. The van der Waals surface area contributed by atoms with Crippen LogP contribution in [0.25, 0.3) is 10.9 Å². The van der Waals surface area contributed by atoms with Crippen molar-refractivity contribution in [1.29, 1.82) is 0 Å². The lowest BCUT2D eigenvalue weighted by molar-refractivity contribution is -0.137. The van der Waals surface area contributed by atoms with Crippen LogP contribution < -0.4 is 9.80 Å². The molecule has 0 bridgehead atoms. The smallest absolute Gasteiger partial charge is 0.356 e. The second-order valence-electron chi connectivity index (χ2n) is 10.5. The molecule has 0 unspecified atom stereocenters. The van der Waals surface area contributed by atoms with Gasteiger partial charge in [-0.1, -0.05) is 47.8 Å². The molecule has 7 nitrogen and oxygen atoms in total. The van der Waals surface area contributed by atoms with E-state index in [1.165, 1.54) is 42.6 Å². The molecular weight excluding hydrogens is 503 g/mol. The summed E-state index contributed by atoms with van der Waals surface area (Å²) in [5, 5.41) is 13.6. The van der Waals surface area contributed by atoms with Gasteiger partial charge >= 0.3 is 6.18 Å². The van der Waals surface area contributed by atoms with Crippen LogP contribution in [0, 0.1) is 12.8 Å². The second-order valence-corrected chi connectivity index (χ2v) is 10.5. The summed E-state index contributed by atoms with van der Waals surface area (Å²) in [6.45, 7) is 6.13. The predicted octanol–water partition coefficient (Wildman–Crippen LogP) is 6.31. The first kappa shape index (κ1) is 26.9. The van der Waals surface area contributed by atoms with Crippen molar-refractivity contribution in [3.05, 3.63) is 70.8 Å². The third kappa shape index (κ3) is 6.32. The number of hydrogen-bond acceptors (Lipinski definition) is 6. The maximum atomic E-state index is 13.6. The summed E-state index contributed by atoms with van der Waals surface area (Å²) in [5.41, 5.74) is 2.31. The Bertz CT molecular complexity index is 1430. The Morgan fingerprint density at radius 2 is 1.77 bits per heavy atom. The van der Waals surface area contributed by atoms with Gasteiger partial charge in [0, 0.05) is 37.1 Å². The fourth-order valence-electron chi connectivity index (χ4n) is 5.55. The van der Waals surface area contributed by atoms with E-state index in [-0.39, 0.29) is 6.54 Å². The van der Waals surface area contributed by atoms with Crippen LogP contribution in [-0.4, -0.2) is 38.3 Å². The van der Waals surface area contributed by atoms with Crippen molar-refractivity contribution in [2.45, 2.75) is 58.8 Å². The van der Waals surface area contributed by atoms with Gasteiger partial charge in [0.25, 0.3) is 5.95 Å². The monoisotopic (exact) mass is 537 g/mol. The summed E-state index contributed by atoms with van der Waals surface area (Å²) < 4.78 is 40.8. The number of para-hydroxylation sites is 1. The predicted molar refractivity (Wildman–Crippen MR) is 146 cm³/mol. The molecule has 2 aromatic heterocycles. The standard InChI is InChI=1S/C29H34F3N7/c1-4-38(17-21-9-5-6-10-21)27-24(16-23-11-7-8-12-26(23)33-27)19-39(28-34-36-37(3)35-28)18-22-13-20(2)14-25(15-22)29(30,31)32/h7-8,11-16,21H,4-6,9-10,17-19H2,1-3H3. The van der Waals surface area contributed by atoms with E-state index in [2.05, 4.69) is 33.3 Å². The van der Waals surface area contributed by atoms with Crippen LogP contribution in [0.4, 0.5) is 24.9 Å². The highest BCUT2D eigenvalue weighted by atomic mass is 19.4. The molecule has 0 N–H and O–H groups in total. The minimum atomic E-state index is -4.42. The van der Waals surface area contributed by atoms with Crippen LogP contribution in [0.15, 0.2) is 48.5 Å². The van der Waals surface area contributed by atoms with Crippen LogP contribution in [0.2, 0.25) is 0 Å². The van der Waals surface area contributed by atoms with Gasteiger partial charge in [-0.2, -0.15) is 18.0 Å². The number of aromatic nitrogens is 5. The topological polar surface area (TPSA) is 63.0 Å². The largest absolute Gasteiger partial charge is 0.416 e. The third-order valence-electron chi connectivity index (χ3n) is 7.39. The van der Waals surface area contributed by atoms with Crippen LogP contribution in [0.5, 0.6) is 0 Å². The van der Waals surface area contributed by atoms with Crippen molar-refractivity contribution in [2.24, 2.45) is 13.0 Å². The average molecular weight is 538 g/mol. The van der Waals surface area contributed by atoms with Crippen molar-refractivity contribution in [2.75, 3.05) is 22.9 Å². The summed E-state index contributed by atoms with van der Waals surface area (Å²) in [4.78, 5) is 10.7. The van der Waals surface area contributed by atoms with Gasteiger partial charge in [0.1, 0.15) is 5.82 Å². The second kappa shape index (κ2) is 11.2. The Balaban J connectivity index is 1.55. The molecule has 2 heterocycles. The van der Waals surface area contributed by atoms with Crippen LogP contribution in [-0.2, 0) is 26.3 Å². The summed E-state index contributed by atoms with van der Waals surface area (Å²) in [5.74, 6) is 1.89. The molecule has 5 rings (SSSR count). The Morgan fingerprint density at radius 3 is 2.46 bits per heavy atom. The molecule has 0 radical (unpaired) electrons. The Morgan fingerprint density at radius 1 is 1.00 bits per heavy atom. The lowest BCUT2D eigenvalue weighted by Gasteiger charge is -2.30. The maximum absolute atomic E-state index is 13.6. The van der Waals surface area contributed by atoms with E-state index < -0.39 is 11.7 Å². The summed E-state index contributed by atoms with van der Waals surface area (Å²) in [6.07, 6.45) is 0.563. The van der Waals surface area contributed by atoms with E-state index in [1.54, 1.807) is 20.0 Å². The van der Waals surface area contributed by atoms with Crippen molar-refractivity contribution in [1.82, 2.24) is 25.2 Å². The molecule has 1 aliphatic rings. The number of anilines is 2. The summed E-state index contributed by atoms with van der Waals surface area (Å²) in [6, 6.07) is 14.3. The number of benzene rings is 2. The number of pyridine rings is 1. The van der Waals surface area contributed by atoms with E-state index in [4.69, 9.17) is 4.98 Å². The van der Waals surface area contributed by atoms with E-state index in [1.807, 2.05) is 29.2 Å². The van der Waals surface area contributed by atoms with Gasteiger partial charge in [-0.15, -0.1) is 5.10 Å². The van der Waals surface area contributed by atoms with Gasteiger partial charge in [-0.3, -0.25) is 0 Å². The van der Waals surface area contributed by atoms with E-state index in [0.717, 1.165) is 35.4 Å². The Kier molecular flexibility index (Phi) is 7.72. The summed E-state index contributed by atoms with van der Waals surface area (Å²) in [7, 11) is 1.67.